The predicted molar refractivity (Wildman–Crippen MR) is 90.1 cm³/mol. The van der Waals surface area contributed by atoms with E-state index in [1.807, 2.05) is 17.5 Å². The molecule has 0 radical (unpaired) electrons. The summed E-state index contributed by atoms with van der Waals surface area (Å²) in [6.07, 6.45) is 1.11. The van der Waals surface area contributed by atoms with Crippen LogP contribution in [-0.2, 0) is 6.42 Å². The van der Waals surface area contributed by atoms with Crippen molar-refractivity contribution in [1.29, 1.82) is 0 Å². The first-order valence-corrected chi connectivity index (χ1v) is 8.47. The average molecular weight is 312 g/mol. The fourth-order valence-electron chi connectivity index (χ4n) is 2.47. The lowest BCUT2D eigenvalue weighted by Gasteiger charge is -2.09. The van der Waals surface area contributed by atoms with E-state index < -0.39 is 0 Å². The molecule has 1 atom stereocenters. The molecule has 114 valence electrons. The van der Waals surface area contributed by atoms with Crippen LogP contribution in [0.2, 0.25) is 0 Å². The largest absolute Gasteiger partial charge is 0.338 e. The van der Waals surface area contributed by atoms with Crippen LogP contribution in [0.5, 0.6) is 0 Å². The summed E-state index contributed by atoms with van der Waals surface area (Å²) < 4.78 is 5.44. The lowest BCUT2D eigenvalue weighted by molar-refractivity contribution is 0.371. The summed E-state index contributed by atoms with van der Waals surface area (Å²) in [5, 5.41) is 6.10. The highest BCUT2D eigenvalue weighted by atomic mass is 32.1. The Hall–Kier alpha value is -1.94. The van der Waals surface area contributed by atoms with Gasteiger partial charge in [-0.3, -0.25) is 0 Å². The third-order valence-electron chi connectivity index (χ3n) is 3.68. The number of aromatic nitrogens is 2. The molecule has 4 heteroatoms. The van der Waals surface area contributed by atoms with Gasteiger partial charge in [0.05, 0.1) is 10.8 Å². The maximum Gasteiger partial charge on any atom is 0.234 e. The van der Waals surface area contributed by atoms with E-state index in [4.69, 9.17) is 4.52 Å². The molecule has 0 aliphatic rings. The van der Waals surface area contributed by atoms with Crippen LogP contribution in [0.3, 0.4) is 0 Å². The summed E-state index contributed by atoms with van der Waals surface area (Å²) in [4.78, 5) is 5.57. The van der Waals surface area contributed by atoms with Crippen molar-refractivity contribution in [3.63, 3.8) is 0 Å². The molecule has 1 unspecified atom stereocenters. The Morgan fingerprint density at radius 2 is 1.86 bits per heavy atom. The van der Waals surface area contributed by atoms with Crippen LogP contribution in [0.25, 0.3) is 10.7 Å². The maximum atomic E-state index is 5.44. The minimum absolute atomic E-state index is 0.106. The summed E-state index contributed by atoms with van der Waals surface area (Å²) in [5.41, 5.74) is 2.57. The van der Waals surface area contributed by atoms with Crippen molar-refractivity contribution in [2.45, 2.75) is 33.1 Å². The molecular weight excluding hydrogens is 292 g/mol. The van der Waals surface area contributed by atoms with Gasteiger partial charge in [-0.1, -0.05) is 49.3 Å². The van der Waals surface area contributed by atoms with Gasteiger partial charge in [-0.05, 0) is 41.8 Å². The smallest absolute Gasteiger partial charge is 0.234 e. The Morgan fingerprint density at radius 1 is 1.09 bits per heavy atom. The van der Waals surface area contributed by atoms with Gasteiger partial charge in [0.15, 0.2) is 0 Å². The first kappa shape index (κ1) is 15.0. The molecule has 3 nitrogen and oxygen atoms in total. The normalized spacial score (nSPS) is 12.7. The Morgan fingerprint density at radius 3 is 2.50 bits per heavy atom. The monoisotopic (exact) mass is 312 g/mol. The van der Waals surface area contributed by atoms with Gasteiger partial charge in [0.1, 0.15) is 0 Å². The highest BCUT2D eigenvalue weighted by molar-refractivity contribution is 7.13. The lowest BCUT2D eigenvalue weighted by Crippen LogP contribution is -1.98. The van der Waals surface area contributed by atoms with Gasteiger partial charge in [-0.15, -0.1) is 11.3 Å². The highest BCUT2D eigenvalue weighted by Crippen LogP contribution is 2.27. The second-order valence-electron chi connectivity index (χ2n) is 5.99. The Bertz CT molecular complexity index is 714. The van der Waals surface area contributed by atoms with Crippen LogP contribution in [0.1, 0.15) is 43.7 Å². The first-order valence-electron chi connectivity index (χ1n) is 7.60. The van der Waals surface area contributed by atoms with Crippen LogP contribution >= 0.6 is 11.3 Å². The molecule has 0 saturated heterocycles. The summed E-state index contributed by atoms with van der Waals surface area (Å²) in [6.45, 7) is 6.57. The van der Waals surface area contributed by atoms with Crippen molar-refractivity contribution in [1.82, 2.24) is 10.1 Å². The highest BCUT2D eigenvalue weighted by Gasteiger charge is 2.17. The van der Waals surface area contributed by atoms with Crippen LogP contribution in [0.15, 0.2) is 46.3 Å². The number of rotatable bonds is 5. The summed E-state index contributed by atoms with van der Waals surface area (Å²) in [5.74, 6) is 2.12. The van der Waals surface area contributed by atoms with Gasteiger partial charge in [0, 0.05) is 0 Å². The van der Waals surface area contributed by atoms with E-state index in [0.717, 1.165) is 11.3 Å². The molecule has 0 fully saturated rings. The Balaban J connectivity index is 1.77. The standard InChI is InChI=1S/C18H20N2OS/c1-12(2)11-14-6-8-15(9-7-14)13(3)18-19-17(20-21-18)16-5-4-10-22-16/h4-10,12-13H,11H2,1-3H3. The zero-order valence-corrected chi connectivity index (χ0v) is 13.9. The van der Waals surface area contributed by atoms with Gasteiger partial charge in [-0.2, -0.15) is 4.98 Å². The minimum atomic E-state index is 0.106. The molecule has 22 heavy (non-hydrogen) atoms. The van der Waals surface area contributed by atoms with Crippen molar-refractivity contribution in [2.75, 3.05) is 0 Å². The molecule has 3 aromatic rings. The molecule has 0 aliphatic carbocycles. The third kappa shape index (κ3) is 3.28. The maximum absolute atomic E-state index is 5.44. The summed E-state index contributed by atoms with van der Waals surface area (Å²) in [7, 11) is 0. The number of hydrogen-bond acceptors (Lipinski definition) is 4. The van der Waals surface area contributed by atoms with E-state index in [1.165, 1.54) is 11.1 Å². The fourth-order valence-corrected chi connectivity index (χ4v) is 3.12. The van der Waals surface area contributed by atoms with Crippen molar-refractivity contribution < 1.29 is 4.52 Å². The quantitative estimate of drug-likeness (QED) is 0.654. The Labute approximate surface area is 135 Å². The molecule has 0 amide bonds. The van der Waals surface area contributed by atoms with Crippen LogP contribution < -0.4 is 0 Å². The van der Waals surface area contributed by atoms with E-state index in [2.05, 4.69) is 55.2 Å². The van der Waals surface area contributed by atoms with E-state index in [1.54, 1.807) is 11.3 Å². The number of thiophene rings is 1. The van der Waals surface area contributed by atoms with Crippen LogP contribution in [0, 0.1) is 5.92 Å². The molecule has 0 N–H and O–H groups in total. The van der Waals surface area contributed by atoms with Gasteiger partial charge in [0.25, 0.3) is 0 Å². The van der Waals surface area contributed by atoms with Gasteiger partial charge < -0.3 is 4.52 Å². The summed E-state index contributed by atoms with van der Waals surface area (Å²) in [6, 6.07) is 12.7. The second kappa shape index (κ2) is 6.44. The molecule has 0 bridgehead atoms. The zero-order valence-electron chi connectivity index (χ0n) is 13.1. The molecule has 0 aliphatic heterocycles. The van der Waals surface area contributed by atoms with Crippen molar-refractivity contribution >= 4 is 11.3 Å². The predicted octanol–water partition coefficient (Wildman–Crippen LogP) is 5.15. The molecule has 1 aromatic carbocycles. The molecule has 2 heterocycles. The lowest BCUT2D eigenvalue weighted by atomic mass is 9.97. The molecular formula is C18H20N2OS. The van der Waals surface area contributed by atoms with Gasteiger partial charge in [-0.25, -0.2) is 0 Å². The van der Waals surface area contributed by atoms with Crippen LogP contribution in [0.4, 0.5) is 0 Å². The molecule has 0 saturated carbocycles. The average Bonchev–Trinajstić information content (AvgIpc) is 3.18. The number of hydrogen-bond donors (Lipinski definition) is 0. The van der Waals surface area contributed by atoms with Crippen molar-refractivity contribution in [3.8, 4) is 10.7 Å². The minimum Gasteiger partial charge on any atom is -0.338 e. The topological polar surface area (TPSA) is 38.9 Å². The summed E-state index contributed by atoms with van der Waals surface area (Å²) >= 11 is 1.62. The van der Waals surface area contributed by atoms with Gasteiger partial charge >= 0.3 is 0 Å². The zero-order chi connectivity index (χ0) is 15.5. The van der Waals surface area contributed by atoms with Gasteiger partial charge in [0.2, 0.25) is 11.7 Å². The molecule has 0 spiro atoms. The number of nitrogens with zero attached hydrogens (tertiary/aromatic N) is 2. The second-order valence-corrected chi connectivity index (χ2v) is 6.94. The molecule has 3 rings (SSSR count). The van der Waals surface area contributed by atoms with E-state index in [-0.39, 0.29) is 5.92 Å². The first-order chi connectivity index (χ1) is 10.6. The number of benzene rings is 1. The SMILES string of the molecule is CC(C)Cc1ccc(C(C)c2nc(-c3cccs3)no2)cc1. The van der Waals surface area contributed by atoms with E-state index in [9.17, 15) is 0 Å². The van der Waals surface area contributed by atoms with Crippen LogP contribution in [-0.4, -0.2) is 10.1 Å². The fraction of sp³-hybridized carbons (Fsp3) is 0.333. The third-order valence-corrected chi connectivity index (χ3v) is 4.54. The van der Waals surface area contributed by atoms with E-state index in [0.29, 0.717) is 17.6 Å². The van der Waals surface area contributed by atoms with Crippen molar-refractivity contribution in [2.24, 2.45) is 5.92 Å². The Kier molecular flexibility index (Phi) is 4.39. The van der Waals surface area contributed by atoms with E-state index >= 15 is 0 Å². The molecule has 2 aromatic heterocycles. The van der Waals surface area contributed by atoms with Crippen molar-refractivity contribution in [3.05, 3.63) is 58.8 Å².